The quantitative estimate of drug-likeness (QED) is 0.285. The van der Waals surface area contributed by atoms with Crippen LogP contribution >= 0.6 is 15.9 Å². The zero-order valence-electron chi connectivity index (χ0n) is 8.70. The highest BCUT2D eigenvalue weighted by Gasteiger charge is 2.06. The molecule has 4 nitrogen and oxygen atoms in total. The van der Waals surface area contributed by atoms with Gasteiger partial charge in [0.25, 0.3) is 5.91 Å². The highest BCUT2D eigenvalue weighted by molar-refractivity contribution is 9.10. The van der Waals surface area contributed by atoms with Gasteiger partial charge in [-0.3, -0.25) is 10.2 Å². The highest BCUT2D eigenvalue weighted by atomic mass is 79.9. The Morgan fingerprint density at radius 2 is 2.38 bits per heavy atom. The van der Waals surface area contributed by atoms with Crippen molar-refractivity contribution in [1.29, 1.82) is 0 Å². The van der Waals surface area contributed by atoms with Crippen molar-refractivity contribution in [2.75, 3.05) is 6.61 Å². The van der Waals surface area contributed by atoms with Crippen LogP contribution in [0.3, 0.4) is 0 Å². The maximum Gasteiger partial charge on any atom is 0.265 e. The average molecular weight is 285 g/mol. The molecule has 0 aliphatic heterocycles. The van der Waals surface area contributed by atoms with Gasteiger partial charge in [-0.25, -0.2) is 5.84 Å². The molecular formula is C11H13BrN2O2. The zero-order chi connectivity index (χ0) is 12.0. The van der Waals surface area contributed by atoms with Crippen LogP contribution in [0.15, 0.2) is 35.3 Å². The van der Waals surface area contributed by atoms with Gasteiger partial charge in [0, 0.05) is 10.0 Å². The molecule has 16 heavy (non-hydrogen) atoms. The third kappa shape index (κ3) is 3.44. The molecule has 0 unspecified atom stereocenters. The fourth-order valence-electron chi connectivity index (χ4n) is 1.14. The summed E-state index contributed by atoms with van der Waals surface area (Å²) in [6.07, 6.45) is 1.68. The molecule has 1 aromatic rings. The number of carbonyl (C=O) groups excluding carboxylic acids is 1. The fourth-order valence-corrected chi connectivity index (χ4v) is 1.63. The van der Waals surface area contributed by atoms with Gasteiger partial charge in [-0.05, 0) is 17.7 Å². The van der Waals surface area contributed by atoms with Gasteiger partial charge in [0.1, 0.15) is 0 Å². The normalized spacial score (nSPS) is 9.88. The highest BCUT2D eigenvalue weighted by Crippen LogP contribution is 2.19. The number of nitrogen functional groups attached to an aromatic ring is 1. The topological polar surface area (TPSA) is 64.3 Å². The molecule has 0 saturated heterocycles. The van der Waals surface area contributed by atoms with Crippen LogP contribution in [-0.4, -0.2) is 12.5 Å². The van der Waals surface area contributed by atoms with Crippen LogP contribution in [0.4, 0.5) is 0 Å². The number of rotatable bonds is 5. The number of benzene rings is 1. The van der Waals surface area contributed by atoms with E-state index in [1.165, 1.54) is 0 Å². The number of amides is 1. The van der Waals surface area contributed by atoms with Crippen molar-refractivity contribution >= 4 is 21.8 Å². The summed E-state index contributed by atoms with van der Waals surface area (Å²) in [4.78, 5) is 11.2. The van der Waals surface area contributed by atoms with Gasteiger partial charge in [0.05, 0.1) is 13.2 Å². The molecule has 1 aromatic carbocycles. The van der Waals surface area contributed by atoms with Gasteiger partial charge in [0.15, 0.2) is 0 Å². The summed E-state index contributed by atoms with van der Waals surface area (Å²) in [5.41, 5.74) is 3.55. The number of carbonyl (C=O) groups is 1. The molecule has 1 amide bonds. The molecule has 0 aromatic heterocycles. The molecule has 0 aliphatic carbocycles. The average Bonchev–Trinajstić information content (AvgIpc) is 2.30. The number of hydrazine groups is 1. The Bertz CT molecular complexity index is 394. The Morgan fingerprint density at radius 1 is 1.62 bits per heavy atom. The van der Waals surface area contributed by atoms with E-state index in [0.717, 1.165) is 10.0 Å². The van der Waals surface area contributed by atoms with Crippen molar-refractivity contribution in [3.8, 4) is 0 Å². The van der Waals surface area contributed by atoms with E-state index >= 15 is 0 Å². The molecule has 0 bridgehead atoms. The van der Waals surface area contributed by atoms with E-state index in [9.17, 15) is 4.79 Å². The Hall–Kier alpha value is -1.17. The first-order chi connectivity index (χ1) is 7.69. The third-order valence-electron chi connectivity index (χ3n) is 1.94. The zero-order valence-corrected chi connectivity index (χ0v) is 10.3. The second-order valence-corrected chi connectivity index (χ2v) is 3.94. The molecule has 0 saturated carbocycles. The van der Waals surface area contributed by atoms with E-state index in [2.05, 4.69) is 27.9 Å². The number of halogens is 1. The molecule has 5 heteroatoms. The van der Waals surface area contributed by atoms with Gasteiger partial charge in [0.2, 0.25) is 0 Å². The SMILES string of the molecule is C=CCOCc1ccc(C(=O)NN)cc1Br. The Kier molecular flexibility index (Phi) is 5.18. The van der Waals surface area contributed by atoms with Gasteiger partial charge < -0.3 is 4.74 Å². The Morgan fingerprint density at radius 3 is 2.94 bits per heavy atom. The van der Waals surface area contributed by atoms with Crippen LogP contribution in [0, 0.1) is 0 Å². The lowest BCUT2D eigenvalue weighted by Gasteiger charge is -2.06. The molecule has 0 aliphatic rings. The lowest BCUT2D eigenvalue weighted by Crippen LogP contribution is -2.29. The van der Waals surface area contributed by atoms with Gasteiger partial charge in [-0.1, -0.05) is 28.1 Å². The largest absolute Gasteiger partial charge is 0.373 e. The Labute approximate surface area is 103 Å². The first-order valence-corrected chi connectivity index (χ1v) is 5.46. The summed E-state index contributed by atoms with van der Waals surface area (Å²) in [7, 11) is 0. The summed E-state index contributed by atoms with van der Waals surface area (Å²) >= 11 is 3.37. The lowest BCUT2D eigenvalue weighted by atomic mass is 10.1. The number of nitrogens with two attached hydrogens (primary N) is 1. The molecule has 0 spiro atoms. The van der Waals surface area contributed by atoms with Crippen molar-refractivity contribution in [2.45, 2.75) is 6.61 Å². The van der Waals surface area contributed by atoms with E-state index in [1.54, 1.807) is 18.2 Å². The number of ether oxygens (including phenoxy) is 1. The molecule has 0 heterocycles. The molecule has 1 rings (SSSR count). The van der Waals surface area contributed by atoms with E-state index in [0.29, 0.717) is 18.8 Å². The monoisotopic (exact) mass is 284 g/mol. The lowest BCUT2D eigenvalue weighted by molar-refractivity contribution is 0.0953. The van der Waals surface area contributed by atoms with E-state index in [1.807, 2.05) is 6.07 Å². The van der Waals surface area contributed by atoms with Crippen LogP contribution in [0.1, 0.15) is 15.9 Å². The van der Waals surface area contributed by atoms with Crippen molar-refractivity contribution in [3.63, 3.8) is 0 Å². The van der Waals surface area contributed by atoms with Crippen molar-refractivity contribution < 1.29 is 9.53 Å². The van der Waals surface area contributed by atoms with Crippen LogP contribution in [-0.2, 0) is 11.3 Å². The first-order valence-electron chi connectivity index (χ1n) is 4.67. The third-order valence-corrected chi connectivity index (χ3v) is 2.68. The number of hydrogen-bond acceptors (Lipinski definition) is 3. The van der Waals surface area contributed by atoms with Gasteiger partial charge in [-0.15, -0.1) is 6.58 Å². The molecule has 0 fully saturated rings. The molecular weight excluding hydrogens is 272 g/mol. The summed E-state index contributed by atoms with van der Waals surface area (Å²) in [6.45, 7) is 4.53. The van der Waals surface area contributed by atoms with Crippen molar-refractivity contribution in [3.05, 3.63) is 46.5 Å². The summed E-state index contributed by atoms with van der Waals surface area (Å²) < 4.78 is 6.12. The maximum absolute atomic E-state index is 11.2. The Balaban J connectivity index is 2.75. The predicted molar refractivity (Wildman–Crippen MR) is 65.6 cm³/mol. The second-order valence-electron chi connectivity index (χ2n) is 3.08. The van der Waals surface area contributed by atoms with E-state index in [4.69, 9.17) is 10.6 Å². The van der Waals surface area contributed by atoms with Gasteiger partial charge in [-0.2, -0.15) is 0 Å². The number of hydrogen-bond donors (Lipinski definition) is 2. The van der Waals surface area contributed by atoms with Gasteiger partial charge >= 0.3 is 0 Å². The minimum Gasteiger partial charge on any atom is -0.373 e. The van der Waals surface area contributed by atoms with Crippen LogP contribution in [0.2, 0.25) is 0 Å². The molecule has 86 valence electrons. The van der Waals surface area contributed by atoms with Crippen molar-refractivity contribution in [1.82, 2.24) is 5.43 Å². The van der Waals surface area contributed by atoms with Crippen molar-refractivity contribution in [2.24, 2.45) is 5.84 Å². The smallest absolute Gasteiger partial charge is 0.265 e. The predicted octanol–water partition coefficient (Wildman–Crippen LogP) is 1.76. The molecule has 0 radical (unpaired) electrons. The maximum atomic E-state index is 11.2. The molecule has 0 atom stereocenters. The van der Waals surface area contributed by atoms with E-state index in [-0.39, 0.29) is 5.91 Å². The summed E-state index contributed by atoms with van der Waals surface area (Å²) in [5, 5.41) is 0. The van der Waals surface area contributed by atoms with Crippen LogP contribution < -0.4 is 11.3 Å². The summed E-state index contributed by atoms with van der Waals surface area (Å²) in [5.74, 6) is 4.72. The fraction of sp³-hybridized carbons (Fsp3) is 0.182. The van der Waals surface area contributed by atoms with Crippen LogP contribution in [0.25, 0.3) is 0 Å². The standard InChI is InChI=1S/C11H13BrN2O2/c1-2-5-16-7-9-4-3-8(6-10(9)12)11(15)14-13/h2-4,6H,1,5,7,13H2,(H,14,15). The number of nitrogens with one attached hydrogen (secondary N) is 1. The molecule has 3 N–H and O–H groups in total. The second kappa shape index (κ2) is 6.42. The summed E-state index contributed by atoms with van der Waals surface area (Å²) in [6, 6.07) is 5.21. The minimum atomic E-state index is -0.320. The minimum absolute atomic E-state index is 0.320. The van der Waals surface area contributed by atoms with Crippen LogP contribution in [0.5, 0.6) is 0 Å². The first kappa shape index (κ1) is 12.9. The van der Waals surface area contributed by atoms with E-state index < -0.39 is 0 Å².